The molecule has 1 unspecified atom stereocenters. The SMILES string of the molecule is CCCCCCCNCCCCCP(=O)(O)OCC. The zero-order valence-corrected chi connectivity index (χ0v) is 13.6. The summed E-state index contributed by atoms with van der Waals surface area (Å²) >= 11 is 0. The van der Waals surface area contributed by atoms with Crippen molar-refractivity contribution in [3.05, 3.63) is 0 Å². The van der Waals surface area contributed by atoms with Crippen LogP contribution in [-0.2, 0) is 9.09 Å². The highest BCUT2D eigenvalue weighted by molar-refractivity contribution is 7.52. The third-order valence-corrected chi connectivity index (χ3v) is 4.63. The predicted octanol–water partition coefficient (Wildman–Crippen LogP) is 3.94. The second-order valence-corrected chi connectivity index (χ2v) is 6.98. The number of hydrogen-bond acceptors (Lipinski definition) is 3. The Hall–Kier alpha value is 0.110. The normalized spacial score (nSPS) is 14.5. The van der Waals surface area contributed by atoms with Gasteiger partial charge in [-0.05, 0) is 39.3 Å². The van der Waals surface area contributed by atoms with Crippen molar-refractivity contribution >= 4 is 7.60 Å². The Morgan fingerprint density at radius 1 is 0.947 bits per heavy atom. The van der Waals surface area contributed by atoms with Crippen molar-refractivity contribution in [2.45, 2.75) is 65.2 Å². The lowest BCUT2D eigenvalue weighted by Crippen LogP contribution is -2.16. The minimum Gasteiger partial charge on any atom is -0.324 e. The molecule has 0 amide bonds. The molecule has 0 aliphatic heterocycles. The van der Waals surface area contributed by atoms with Crippen LogP contribution in [0, 0.1) is 0 Å². The van der Waals surface area contributed by atoms with Crippen molar-refractivity contribution in [3.63, 3.8) is 0 Å². The Balaban J connectivity index is 3.17. The zero-order valence-electron chi connectivity index (χ0n) is 12.7. The van der Waals surface area contributed by atoms with E-state index in [1.165, 1.54) is 32.1 Å². The minimum absolute atomic E-state index is 0.290. The van der Waals surface area contributed by atoms with E-state index in [1.807, 2.05) is 0 Å². The van der Waals surface area contributed by atoms with E-state index in [9.17, 15) is 9.46 Å². The lowest BCUT2D eigenvalue weighted by molar-refractivity contribution is 0.273. The smallest absolute Gasteiger partial charge is 0.324 e. The van der Waals surface area contributed by atoms with Crippen LogP contribution in [0.1, 0.15) is 65.2 Å². The molecular formula is C14H32NO3P. The maximum atomic E-state index is 11.4. The number of rotatable bonds is 14. The van der Waals surface area contributed by atoms with Gasteiger partial charge in [0.05, 0.1) is 6.61 Å². The first-order valence-corrected chi connectivity index (χ1v) is 9.55. The molecule has 0 rings (SSSR count). The van der Waals surface area contributed by atoms with Gasteiger partial charge in [-0.25, -0.2) is 0 Å². The van der Waals surface area contributed by atoms with E-state index >= 15 is 0 Å². The first kappa shape index (κ1) is 19.1. The molecular weight excluding hydrogens is 261 g/mol. The summed E-state index contributed by atoms with van der Waals surface area (Å²) in [4.78, 5) is 9.38. The maximum Gasteiger partial charge on any atom is 0.328 e. The number of nitrogens with one attached hydrogen (secondary N) is 1. The fourth-order valence-corrected chi connectivity index (χ4v) is 3.14. The summed E-state index contributed by atoms with van der Waals surface area (Å²) in [6.07, 6.45) is 9.69. The van der Waals surface area contributed by atoms with Gasteiger partial charge in [0.1, 0.15) is 0 Å². The molecule has 2 N–H and O–H groups in total. The van der Waals surface area contributed by atoms with E-state index in [2.05, 4.69) is 12.2 Å². The number of unbranched alkanes of at least 4 members (excludes halogenated alkanes) is 6. The van der Waals surface area contributed by atoms with E-state index in [-0.39, 0.29) is 6.16 Å². The van der Waals surface area contributed by atoms with Gasteiger partial charge in [0.15, 0.2) is 0 Å². The Morgan fingerprint density at radius 3 is 2.11 bits per heavy atom. The lowest BCUT2D eigenvalue weighted by atomic mass is 10.1. The van der Waals surface area contributed by atoms with Gasteiger partial charge < -0.3 is 14.7 Å². The molecule has 0 radical (unpaired) electrons. The Bertz CT molecular complexity index is 237. The van der Waals surface area contributed by atoms with Gasteiger partial charge in [-0.3, -0.25) is 4.57 Å². The molecule has 116 valence electrons. The fourth-order valence-electron chi connectivity index (χ4n) is 1.98. The molecule has 19 heavy (non-hydrogen) atoms. The molecule has 0 heterocycles. The van der Waals surface area contributed by atoms with Crippen molar-refractivity contribution in [2.75, 3.05) is 25.9 Å². The van der Waals surface area contributed by atoms with Crippen LogP contribution in [0.3, 0.4) is 0 Å². The molecule has 0 saturated carbocycles. The van der Waals surface area contributed by atoms with Crippen LogP contribution in [0.15, 0.2) is 0 Å². The molecule has 0 aliphatic rings. The zero-order chi connectivity index (χ0) is 14.4. The molecule has 1 atom stereocenters. The highest BCUT2D eigenvalue weighted by Crippen LogP contribution is 2.42. The van der Waals surface area contributed by atoms with E-state index in [4.69, 9.17) is 4.52 Å². The number of hydrogen-bond donors (Lipinski definition) is 2. The Kier molecular flexibility index (Phi) is 13.2. The average Bonchev–Trinajstić information content (AvgIpc) is 2.36. The van der Waals surface area contributed by atoms with Crippen molar-refractivity contribution < 1.29 is 14.0 Å². The molecule has 0 spiro atoms. The van der Waals surface area contributed by atoms with Gasteiger partial charge >= 0.3 is 7.60 Å². The van der Waals surface area contributed by atoms with Crippen molar-refractivity contribution in [3.8, 4) is 0 Å². The van der Waals surface area contributed by atoms with Crippen LogP contribution in [0.5, 0.6) is 0 Å². The molecule has 0 bridgehead atoms. The van der Waals surface area contributed by atoms with Gasteiger partial charge in [-0.1, -0.05) is 39.0 Å². The van der Waals surface area contributed by atoms with E-state index < -0.39 is 7.60 Å². The van der Waals surface area contributed by atoms with Crippen molar-refractivity contribution in [2.24, 2.45) is 0 Å². The van der Waals surface area contributed by atoms with E-state index in [0.717, 1.165) is 32.4 Å². The lowest BCUT2D eigenvalue weighted by Gasteiger charge is -2.10. The summed E-state index contributed by atoms with van der Waals surface area (Å²) in [6, 6.07) is 0. The molecule has 0 fully saturated rings. The van der Waals surface area contributed by atoms with Crippen LogP contribution in [0.2, 0.25) is 0 Å². The maximum absolute atomic E-state index is 11.4. The molecule has 0 aromatic rings. The van der Waals surface area contributed by atoms with Crippen molar-refractivity contribution in [1.29, 1.82) is 0 Å². The highest BCUT2D eigenvalue weighted by atomic mass is 31.2. The van der Waals surface area contributed by atoms with E-state index in [1.54, 1.807) is 6.92 Å². The van der Waals surface area contributed by atoms with Gasteiger partial charge in [0.25, 0.3) is 0 Å². The summed E-state index contributed by atoms with van der Waals surface area (Å²) in [7, 11) is -3.29. The molecule has 5 heteroatoms. The van der Waals surface area contributed by atoms with Crippen LogP contribution in [0.25, 0.3) is 0 Å². The van der Waals surface area contributed by atoms with Gasteiger partial charge in [-0.15, -0.1) is 0 Å². The second kappa shape index (κ2) is 13.1. The van der Waals surface area contributed by atoms with E-state index in [0.29, 0.717) is 6.61 Å². The van der Waals surface area contributed by atoms with Gasteiger partial charge in [0.2, 0.25) is 0 Å². The standard InChI is InChI=1S/C14H32NO3P/c1-3-5-6-7-9-12-15-13-10-8-11-14-19(16,17)18-4-2/h15H,3-14H2,1-2H3,(H,16,17). The predicted molar refractivity (Wildman–Crippen MR) is 81.8 cm³/mol. The Morgan fingerprint density at radius 2 is 1.53 bits per heavy atom. The van der Waals surface area contributed by atoms with Crippen LogP contribution >= 0.6 is 7.60 Å². The van der Waals surface area contributed by atoms with Crippen LogP contribution in [-0.4, -0.2) is 30.8 Å². The topological polar surface area (TPSA) is 58.6 Å². The highest BCUT2D eigenvalue weighted by Gasteiger charge is 2.16. The second-order valence-electron chi connectivity index (χ2n) is 5.00. The van der Waals surface area contributed by atoms with Gasteiger partial charge in [-0.2, -0.15) is 0 Å². The summed E-state index contributed by atoms with van der Waals surface area (Å²) in [5.41, 5.74) is 0. The quantitative estimate of drug-likeness (QED) is 0.376. The monoisotopic (exact) mass is 293 g/mol. The Labute approximate surface area is 118 Å². The molecule has 0 aromatic carbocycles. The third-order valence-electron chi connectivity index (χ3n) is 3.08. The molecule has 0 aliphatic carbocycles. The van der Waals surface area contributed by atoms with Crippen LogP contribution in [0.4, 0.5) is 0 Å². The largest absolute Gasteiger partial charge is 0.328 e. The summed E-state index contributed by atoms with van der Waals surface area (Å²) in [5, 5.41) is 3.42. The summed E-state index contributed by atoms with van der Waals surface area (Å²) in [6.45, 7) is 6.40. The van der Waals surface area contributed by atoms with Crippen LogP contribution < -0.4 is 5.32 Å². The molecule has 0 aromatic heterocycles. The summed E-state index contributed by atoms with van der Waals surface area (Å²) < 4.78 is 16.2. The van der Waals surface area contributed by atoms with Gasteiger partial charge in [0, 0.05) is 6.16 Å². The fraction of sp³-hybridized carbons (Fsp3) is 1.00. The van der Waals surface area contributed by atoms with Crippen molar-refractivity contribution in [1.82, 2.24) is 5.32 Å². The third kappa shape index (κ3) is 14.3. The summed E-state index contributed by atoms with van der Waals surface area (Å²) in [5.74, 6) is 0. The first-order chi connectivity index (χ1) is 9.12. The molecule has 4 nitrogen and oxygen atoms in total. The average molecular weight is 293 g/mol. The first-order valence-electron chi connectivity index (χ1n) is 7.79. The minimum atomic E-state index is -3.29. The molecule has 0 saturated heterocycles.